The summed E-state index contributed by atoms with van der Waals surface area (Å²) in [7, 11) is 0. The molecule has 1 aromatic heterocycles. The SMILES string of the molecule is Cc1cc(N2CCCCC2)nc(NCCNC(=O)c2ccccc2C(F)(F)F)n1. The number of rotatable bonds is 6. The number of halogens is 3. The van der Waals surface area contributed by atoms with Crippen molar-refractivity contribution in [3.05, 3.63) is 47.2 Å². The minimum absolute atomic E-state index is 0.140. The van der Waals surface area contributed by atoms with E-state index in [9.17, 15) is 18.0 Å². The standard InChI is InChI=1S/C20H24F3N5O/c1-14-13-17(28-11-5-2-6-12-28)27-19(26-14)25-10-9-24-18(29)15-7-3-4-8-16(15)20(21,22)23/h3-4,7-8,13H,2,5-6,9-12H2,1H3,(H,24,29)(H,25,26,27). The van der Waals surface area contributed by atoms with E-state index in [0.717, 1.165) is 43.5 Å². The van der Waals surface area contributed by atoms with Crippen LogP contribution in [0.25, 0.3) is 0 Å². The smallest absolute Gasteiger partial charge is 0.356 e. The summed E-state index contributed by atoms with van der Waals surface area (Å²) in [5.74, 6) is 0.539. The van der Waals surface area contributed by atoms with Gasteiger partial charge in [0.2, 0.25) is 5.95 Å². The van der Waals surface area contributed by atoms with Gasteiger partial charge in [-0.05, 0) is 38.3 Å². The number of hydrogen-bond acceptors (Lipinski definition) is 5. The average molecular weight is 407 g/mol. The molecule has 1 aliphatic heterocycles. The first kappa shape index (κ1) is 20.9. The first-order chi connectivity index (χ1) is 13.8. The van der Waals surface area contributed by atoms with Crippen molar-refractivity contribution in [1.29, 1.82) is 0 Å². The fraction of sp³-hybridized carbons (Fsp3) is 0.450. The maximum atomic E-state index is 13.0. The molecule has 0 bridgehead atoms. The van der Waals surface area contributed by atoms with Gasteiger partial charge in [0.1, 0.15) is 5.82 Å². The second-order valence-corrected chi connectivity index (χ2v) is 6.96. The predicted octanol–water partition coefficient (Wildman–Crippen LogP) is 3.64. The van der Waals surface area contributed by atoms with Gasteiger partial charge in [-0.3, -0.25) is 4.79 Å². The molecule has 29 heavy (non-hydrogen) atoms. The highest BCUT2D eigenvalue weighted by atomic mass is 19.4. The van der Waals surface area contributed by atoms with Crippen LogP contribution < -0.4 is 15.5 Å². The van der Waals surface area contributed by atoms with E-state index in [0.29, 0.717) is 12.5 Å². The van der Waals surface area contributed by atoms with E-state index in [4.69, 9.17) is 0 Å². The Morgan fingerprint density at radius 3 is 2.55 bits per heavy atom. The Morgan fingerprint density at radius 2 is 1.83 bits per heavy atom. The van der Waals surface area contributed by atoms with Crippen molar-refractivity contribution in [1.82, 2.24) is 15.3 Å². The van der Waals surface area contributed by atoms with Crippen molar-refractivity contribution >= 4 is 17.7 Å². The predicted molar refractivity (Wildman–Crippen MR) is 105 cm³/mol. The molecule has 1 aliphatic rings. The van der Waals surface area contributed by atoms with Crippen molar-refractivity contribution < 1.29 is 18.0 Å². The van der Waals surface area contributed by atoms with Gasteiger partial charge in [-0.25, -0.2) is 4.98 Å². The Kier molecular flexibility index (Phi) is 6.56. The minimum atomic E-state index is -4.58. The van der Waals surface area contributed by atoms with Gasteiger partial charge in [-0.15, -0.1) is 0 Å². The number of piperidine rings is 1. The zero-order chi connectivity index (χ0) is 20.9. The summed E-state index contributed by atoms with van der Waals surface area (Å²) in [6.45, 7) is 4.25. The molecule has 2 N–H and O–H groups in total. The summed E-state index contributed by atoms with van der Waals surface area (Å²) in [5, 5.41) is 5.54. The molecule has 1 amide bonds. The fourth-order valence-electron chi connectivity index (χ4n) is 3.29. The molecule has 9 heteroatoms. The highest BCUT2D eigenvalue weighted by Crippen LogP contribution is 2.31. The molecule has 1 aromatic carbocycles. The van der Waals surface area contributed by atoms with E-state index < -0.39 is 17.6 Å². The third-order valence-electron chi connectivity index (χ3n) is 4.69. The van der Waals surface area contributed by atoms with Crippen molar-refractivity contribution in [2.24, 2.45) is 0 Å². The lowest BCUT2D eigenvalue weighted by Crippen LogP contribution is -2.31. The van der Waals surface area contributed by atoms with Gasteiger partial charge in [0.15, 0.2) is 0 Å². The molecule has 0 spiro atoms. The first-order valence-corrected chi connectivity index (χ1v) is 9.63. The molecule has 156 valence electrons. The third kappa shape index (κ3) is 5.58. The fourth-order valence-corrected chi connectivity index (χ4v) is 3.29. The number of carbonyl (C=O) groups excluding carboxylic acids is 1. The van der Waals surface area contributed by atoms with E-state index in [1.54, 1.807) is 0 Å². The summed E-state index contributed by atoms with van der Waals surface area (Å²) >= 11 is 0. The van der Waals surface area contributed by atoms with Crippen LogP contribution in [0, 0.1) is 6.92 Å². The first-order valence-electron chi connectivity index (χ1n) is 9.63. The molecule has 0 radical (unpaired) electrons. The maximum absolute atomic E-state index is 13.0. The Balaban J connectivity index is 1.56. The van der Waals surface area contributed by atoms with Gasteiger partial charge >= 0.3 is 6.18 Å². The average Bonchev–Trinajstić information content (AvgIpc) is 2.71. The van der Waals surface area contributed by atoms with Crippen LogP contribution in [0.5, 0.6) is 0 Å². The molecular weight excluding hydrogens is 383 g/mol. The van der Waals surface area contributed by atoms with E-state index >= 15 is 0 Å². The Morgan fingerprint density at radius 1 is 1.10 bits per heavy atom. The van der Waals surface area contributed by atoms with Crippen LogP contribution in [0.4, 0.5) is 24.9 Å². The third-order valence-corrected chi connectivity index (χ3v) is 4.69. The number of anilines is 2. The zero-order valence-corrected chi connectivity index (χ0v) is 16.2. The maximum Gasteiger partial charge on any atom is 0.417 e. The number of aromatic nitrogens is 2. The molecule has 1 fully saturated rings. The van der Waals surface area contributed by atoms with Crippen LogP contribution in [-0.2, 0) is 6.18 Å². The van der Waals surface area contributed by atoms with Gasteiger partial charge in [0.25, 0.3) is 5.91 Å². The molecule has 0 atom stereocenters. The number of aryl methyl sites for hydroxylation is 1. The lowest BCUT2D eigenvalue weighted by molar-refractivity contribution is -0.137. The van der Waals surface area contributed by atoms with Crippen molar-refractivity contribution in [3.8, 4) is 0 Å². The molecule has 0 saturated carbocycles. The van der Waals surface area contributed by atoms with Crippen LogP contribution in [0.2, 0.25) is 0 Å². The molecular formula is C20H24F3N5O. The van der Waals surface area contributed by atoms with Crippen molar-refractivity contribution in [3.63, 3.8) is 0 Å². The van der Waals surface area contributed by atoms with Gasteiger partial charge < -0.3 is 15.5 Å². The van der Waals surface area contributed by atoms with Gasteiger partial charge in [0, 0.05) is 37.9 Å². The second kappa shape index (κ2) is 9.11. The lowest BCUT2D eigenvalue weighted by Gasteiger charge is -2.28. The summed E-state index contributed by atoms with van der Waals surface area (Å²) in [6.07, 6.45) is -1.08. The second-order valence-electron chi connectivity index (χ2n) is 6.96. The summed E-state index contributed by atoms with van der Waals surface area (Å²) in [5.41, 5.74) is -0.510. The number of hydrogen-bond donors (Lipinski definition) is 2. The topological polar surface area (TPSA) is 70.2 Å². The zero-order valence-electron chi connectivity index (χ0n) is 16.2. The van der Waals surface area contributed by atoms with Crippen LogP contribution in [0.1, 0.15) is 40.9 Å². The van der Waals surface area contributed by atoms with Gasteiger partial charge in [-0.1, -0.05) is 12.1 Å². The Bertz CT molecular complexity index is 850. The molecule has 6 nitrogen and oxygen atoms in total. The molecule has 2 aromatic rings. The number of amides is 1. The molecule has 0 aliphatic carbocycles. The number of nitrogens with one attached hydrogen (secondary N) is 2. The van der Waals surface area contributed by atoms with Gasteiger partial charge in [-0.2, -0.15) is 18.2 Å². The summed E-state index contributed by atoms with van der Waals surface area (Å²) in [4.78, 5) is 23.2. The number of carbonyl (C=O) groups is 1. The quantitative estimate of drug-likeness (QED) is 0.716. The molecule has 0 unspecified atom stereocenters. The van der Waals surface area contributed by atoms with E-state index in [2.05, 4.69) is 25.5 Å². The monoisotopic (exact) mass is 407 g/mol. The summed E-state index contributed by atoms with van der Waals surface area (Å²) < 4.78 is 39.1. The van der Waals surface area contributed by atoms with Gasteiger partial charge in [0.05, 0.1) is 11.1 Å². The largest absolute Gasteiger partial charge is 0.417 e. The van der Waals surface area contributed by atoms with Crippen molar-refractivity contribution in [2.45, 2.75) is 32.4 Å². The number of benzene rings is 1. The van der Waals surface area contributed by atoms with Crippen LogP contribution in [-0.4, -0.2) is 42.1 Å². The summed E-state index contributed by atoms with van der Waals surface area (Å²) in [6, 6.07) is 6.67. The number of nitrogens with zero attached hydrogens (tertiary/aromatic N) is 3. The molecule has 1 saturated heterocycles. The van der Waals surface area contributed by atoms with Crippen molar-refractivity contribution in [2.75, 3.05) is 36.4 Å². The lowest BCUT2D eigenvalue weighted by atomic mass is 10.1. The Labute approximate surface area is 167 Å². The highest BCUT2D eigenvalue weighted by molar-refractivity contribution is 5.95. The van der Waals surface area contributed by atoms with E-state index in [1.807, 2.05) is 13.0 Å². The highest BCUT2D eigenvalue weighted by Gasteiger charge is 2.34. The minimum Gasteiger partial charge on any atom is -0.356 e. The van der Waals surface area contributed by atoms with E-state index in [-0.39, 0.29) is 12.1 Å². The Hall–Kier alpha value is -2.84. The van der Waals surface area contributed by atoms with E-state index in [1.165, 1.54) is 24.6 Å². The van der Waals surface area contributed by atoms with Crippen LogP contribution in [0.3, 0.4) is 0 Å². The normalized spacial score (nSPS) is 14.6. The molecule has 2 heterocycles. The van der Waals surface area contributed by atoms with Crippen LogP contribution in [0.15, 0.2) is 30.3 Å². The molecule has 3 rings (SSSR count). The van der Waals surface area contributed by atoms with Crippen LogP contribution >= 0.6 is 0 Å². The number of alkyl halides is 3.